The standard InChI is InChI=1S/C28H32N2O4/c1-5-33-17-18-34-25-12-7-6-11-24(25)27(32)30-23-10-8-9-22(19-23)29-26(31)20-13-15-21(16-14-20)28(2,3)4/h6-16,19H,5,17-18H2,1-4H3,(H,29,31)(H,30,32). The zero-order valence-corrected chi connectivity index (χ0v) is 20.2. The van der Waals surface area contributed by atoms with Crippen molar-refractivity contribution >= 4 is 23.2 Å². The molecule has 0 aromatic heterocycles. The summed E-state index contributed by atoms with van der Waals surface area (Å²) in [5, 5.41) is 5.77. The van der Waals surface area contributed by atoms with Gasteiger partial charge in [0, 0.05) is 23.5 Å². The van der Waals surface area contributed by atoms with Crippen LogP contribution in [0.2, 0.25) is 0 Å². The molecule has 3 aromatic rings. The number of benzene rings is 3. The Balaban J connectivity index is 1.66. The Hall–Kier alpha value is -3.64. The molecule has 0 heterocycles. The first kappa shape index (κ1) is 25.0. The van der Waals surface area contributed by atoms with Gasteiger partial charge in [-0.2, -0.15) is 0 Å². The summed E-state index contributed by atoms with van der Waals surface area (Å²) >= 11 is 0. The fourth-order valence-corrected chi connectivity index (χ4v) is 3.33. The smallest absolute Gasteiger partial charge is 0.259 e. The predicted octanol–water partition coefficient (Wildman–Crippen LogP) is 5.90. The molecule has 6 nitrogen and oxygen atoms in total. The van der Waals surface area contributed by atoms with E-state index in [2.05, 4.69) is 31.4 Å². The number of nitrogens with one attached hydrogen (secondary N) is 2. The third-order valence-electron chi connectivity index (χ3n) is 5.21. The molecule has 0 saturated heterocycles. The van der Waals surface area contributed by atoms with Crippen molar-refractivity contribution in [1.82, 2.24) is 0 Å². The normalized spacial score (nSPS) is 11.1. The quantitative estimate of drug-likeness (QED) is 0.390. The number of hydrogen-bond acceptors (Lipinski definition) is 4. The molecular weight excluding hydrogens is 428 g/mol. The largest absolute Gasteiger partial charge is 0.490 e. The molecule has 0 saturated carbocycles. The minimum atomic E-state index is -0.298. The summed E-state index contributed by atoms with van der Waals surface area (Å²) < 4.78 is 11.0. The monoisotopic (exact) mass is 460 g/mol. The Morgan fingerprint density at radius 2 is 1.44 bits per heavy atom. The lowest BCUT2D eigenvalue weighted by Crippen LogP contribution is -2.16. The van der Waals surface area contributed by atoms with E-state index in [1.807, 2.05) is 37.3 Å². The Morgan fingerprint density at radius 3 is 2.09 bits per heavy atom. The van der Waals surface area contributed by atoms with E-state index in [-0.39, 0.29) is 17.2 Å². The minimum absolute atomic E-state index is 0.0223. The van der Waals surface area contributed by atoms with Crippen LogP contribution in [0.25, 0.3) is 0 Å². The molecule has 3 rings (SSSR count). The number of carbonyl (C=O) groups excluding carboxylic acids is 2. The average molecular weight is 461 g/mol. The number of hydrogen-bond donors (Lipinski definition) is 2. The molecule has 34 heavy (non-hydrogen) atoms. The van der Waals surface area contributed by atoms with E-state index in [0.717, 1.165) is 5.56 Å². The average Bonchev–Trinajstić information content (AvgIpc) is 2.82. The van der Waals surface area contributed by atoms with Gasteiger partial charge in [-0.05, 0) is 60.4 Å². The molecule has 6 heteroatoms. The topological polar surface area (TPSA) is 76.7 Å². The molecule has 0 radical (unpaired) electrons. The molecule has 0 aliphatic rings. The van der Waals surface area contributed by atoms with Crippen LogP contribution in [0.15, 0.2) is 72.8 Å². The highest BCUT2D eigenvalue weighted by molar-refractivity contribution is 6.07. The van der Waals surface area contributed by atoms with Crippen molar-refractivity contribution < 1.29 is 19.1 Å². The van der Waals surface area contributed by atoms with Crippen LogP contribution in [0, 0.1) is 0 Å². The number of ether oxygens (including phenoxy) is 2. The van der Waals surface area contributed by atoms with E-state index in [4.69, 9.17) is 9.47 Å². The molecule has 0 unspecified atom stereocenters. The molecule has 0 bridgehead atoms. The zero-order valence-electron chi connectivity index (χ0n) is 20.2. The molecule has 0 aliphatic carbocycles. The first-order valence-electron chi connectivity index (χ1n) is 11.4. The molecule has 2 amide bonds. The van der Waals surface area contributed by atoms with Gasteiger partial charge in [0.2, 0.25) is 0 Å². The summed E-state index contributed by atoms with van der Waals surface area (Å²) in [6.45, 7) is 9.73. The summed E-state index contributed by atoms with van der Waals surface area (Å²) in [5.74, 6) is -0.0203. The van der Waals surface area contributed by atoms with Gasteiger partial charge in [-0.1, -0.05) is 51.1 Å². The number of rotatable bonds is 9. The van der Waals surface area contributed by atoms with E-state index in [9.17, 15) is 9.59 Å². The summed E-state index contributed by atoms with van der Waals surface area (Å²) in [6.07, 6.45) is 0. The SMILES string of the molecule is CCOCCOc1ccccc1C(=O)Nc1cccc(NC(=O)c2ccc(C(C)(C)C)cc2)c1. The van der Waals surface area contributed by atoms with Crippen LogP contribution in [-0.2, 0) is 10.2 Å². The van der Waals surface area contributed by atoms with Crippen molar-refractivity contribution in [1.29, 1.82) is 0 Å². The lowest BCUT2D eigenvalue weighted by molar-refractivity contribution is 0.0996. The zero-order chi connectivity index (χ0) is 24.6. The second-order valence-corrected chi connectivity index (χ2v) is 8.86. The third-order valence-corrected chi connectivity index (χ3v) is 5.21. The van der Waals surface area contributed by atoms with Crippen LogP contribution in [0.3, 0.4) is 0 Å². The Morgan fingerprint density at radius 1 is 0.794 bits per heavy atom. The molecule has 3 aromatic carbocycles. The van der Waals surface area contributed by atoms with Gasteiger partial charge in [0.25, 0.3) is 11.8 Å². The molecule has 2 N–H and O–H groups in total. The summed E-state index contributed by atoms with van der Waals surface area (Å²) in [6, 6.07) is 21.7. The molecule has 178 valence electrons. The van der Waals surface area contributed by atoms with Gasteiger partial charge < -0.3 is 20.1 Å². The fourth-order valence-electron chi connectivity index (χ4n) is 3.33. The summed E-state index contributed by atoms with van der Waals surface area (Å²) in [4.78, 5) is 25.6. The maximum Gasteiger partial charge on any atom is 0.259 e. The highest BCUT2D eigenvalue weighted by Crippen LogP contribution is 2.24. The van der Waals surface area contributed by atoms with Crippen molar-refractivity contribution in [2.45, 2.75) is 33.1 Å². The van der Waals surface area contributed by atoms with Crippen LogP contribution in [0.1, 0.15) is 54.0 Å². The van der Waals surface area contributed by atoms with E-state index in [1.54, 1.807) is 42.5 Å². The van der Waals surface area contributed by atoms with Gasteiger partial charge in [0.05, 0.1) is 12.2 Å². The molecule has 0 aliphatic heterocycles. The minimum Gasteiger partial charge on any atom is -0.490 e. The summed E-state index contributed by atoms with van der Waals surface area (Å²) in [5.41, 5.74) is 3.33. The molecule has 0 spiro atoms. The van der Waals surface area contributed by atoms with E-state index < -0.39 is 0 Å². The number of carbonyl (C=O) groups is 2. The van der Waals surface area contributed by atoms with Crippen molar-refractivity contribution in [2.75, 3.05) is 30.5 Å². The van der Waals surface area contributed by atoms with E-state index in [1.165, 1.54) is 0 Å². The van der Waals surface area contributed by atoms with Gasteiger partial charge in [0.15, 0.2) is 0 Å². The first-order chi connectivity index (χ1) is 16.3. The Labute approximate surface area is 201 Å². The lowest BCUT2D eigenvalue weighted by Gasteiger charge is -2.19. The van der Waals surface area contributed by atoms with E-state index >= 15 is 0 Å². The number of para-hydroxylation sites is 1. The van der Waals surface area contributed by atoms with Crippen LogP contribution in [-0.4, -0.2) is 31.6 Å². The predicted molar refractivity (Wildman–Crippen MR) is 136 cm³/mol. The molecule has 0 atom stereocenters. The van der Waals surface area contributed by atoms with Crippen molar-refractivity contribution in [3.63, 3.8) is 0 Å². The van der Waals surface area contributed by atoms with Crippen LogP contribution < -0.4 is 15.4 Å². The van der Waals surface area contributed by atoms with Crippen LogP contribution in [0.4, 0.5) is 11.4 Å². The van der Waals surface area contributed by atoms with Gasteiger partial charge in [-0.15, -0.1) is 0 Å². The van der Waals surface area contributed by atoms with Gasteiger partial charge in [-0.25, -0.2) is 0 Å². The van der Waals surface area contributed by atoms with Gasteiger partial charge in [0.1, 0.15) is 12.4 Å². The van der Waals surface area contributed by atoms with Crippen LogP contribution in [0.5, 0.6) is 5.75 Å². The first-order valence-corrected chi connectivity index (χ1v) is 11.4. The summed E-state index contributed by atoms with van der Waals surface area (Å²) in [7, 11) is 0. The lowest BCUT2D eigenvalue weighted by atomic mass is 9.87. The number of amides is 2. The third kappa shape index (κ3) is 6.93. The van der Waals surface area contributed by atoms with Crippen molar-refractivity contribution in [3.05, 3.63) is 89.5 Å². The highest BCUT2D eigenvalue weighted by Gasteiger charge is 2.15. The Kier molecular flexibility index (Phi) is 8.44. The van der Waals surface area contributed by atoms with Gasteiger partial charge in [-0.3, -0.25) is 9.59 Å². The second kappa shape index (κ2) is 11.5. The fraction of sp³-hybridized carbons (Fsp3) is 0.286. The Bertz CT molecular complexity index is 1120. The number of anilines is 2. The van der Waals surface area contributed by atoms with Gasteiger partial charge >= 0.3 is 0 Å². The maximum atomic E-state index is 12.9. The van der Waals surface area contributed by atoms with Crippen molar-refractivity contribution in [3.8, 4) is 5.75 Å². The maximum absolute atomic E-state index is 12.9. The molecule has 0 fully saturated rings. The molecular formula is C28H32N2O4. The van der Waals surface area contributed by atoms with E-state index in [0.29, 0.717) is 48.1 Å². The van der Waals surface area contributed by atoms with Crippen LogP contribution >= 0.6 is 0 Å². The van der Waals surface area contributed by atoms with Crippen molar-refractivity contribution in [2.24, 2.45) is 0 Å². The second-order valence-electron chi connectivity index (χ2n) is 8.86. The highest BCUT2D eigenvalue weighted by atomic mass is 16.5.